The molecule has 86 valence electrons. The Bertz CT molecular complexity index is 352. The number of carbonyl (C=O) groups excluding carboxylic acids is 1. The quantitative estimate of drug-likeness (QED) is 0.422. The van der Waals surface area contributed by atoms with Crippen LogP contribution in [0.4, 0.5) is 0 Å². The van der Waals surface area contributed by atoms with Crippen molar-refractivity contribution >= 4 is 18.6 Å². The largest absolute Gasteiger partial charge is 0.488 e. The second-order valence-corrected chi connectivity index (χ2v) is 3.45. The Kier molecular flexibility index (Phi) is 4.48. The van der Waals surface area contributed by atoms with E-state index in [9.17, 15) is 4.79 Å². The van der Waals surface area contributed by atoms with Gasteiger partial charge in [-0.05, 0) is 17.4 Å². The van der Waals surface area contributed by atoms with Gasteiger partial charge in [0.15, 0.2) is 0 Å². The zero-order chi connectivity index (χ0) is 12.1. The molecule has 0 bridgehead atoms. The van der Waals surface area contributed by atoms with E-state index in [-0.39, 0.29) is 0 Å². The van der Waals surface area contributed by atoms with Crippen molar-refractivity contribution in [2.24, 2.45) is 5.73 Å². The van der Waals surface area contributed by atoms with E-state index >= 15 is 0 Å². The summed E-state index contributed by atoms with van der Waals surface area (Å²) in [4.78, 5) is 11.1. The zero-order valence-corrected chi connectivity index (χ0v) is 8.96. The zero-order valence-electron chi connectivity index (χ0n) is 8.96. The van der Waals surface area contributed by atoms with Gasteiger partial charge in [-0.1, -0.05) is 24.3 Å². The molecular weight excluding hydrogens is 209 g/mol. The third-order valence-corrected chi connectivity index (χ3v) is 2.24. The molecule has 1 rings (SSSR count). The molecule has 5 nitrogen and oxygen atoms in total. The summed E-state index contributed by atoms with van der Waals surface area (Å²) in [6.45, 7) is 0. The highest BCUT2D eigenvalue weighted by molar-refractivity contribution is 6.58. The molecule has 0 aliphatic heterocycles. The SMILES string of the molecule is COC(=O)[C@@H](N)Cc1ccc(B(O)O)cc1. The summed E-state index contributed by atoms with van der Waals surface area (Å²) in [5.41, 5.74) is 6.82. The van der Waals surface area contributed by atoms with Crippen LogP contribution in [0.25, 0.3) is 0 Å². The highest BCUT2D eigenvalue weighted by atomic mass is 16.5. The number of ether oxygens (including phenoxy) is 1. The fraction of sp³-hybridized carbons (Fsp3) is 0.300. The number of benzene rings is 1. The number of rotatable bonds is 4. The number of carbonyl (C=O) groups is 1. The summed E-state index contributed by atoms with van der Waals surface area (Å²) in [7, 11) is -0.198. The molecule has 6 heteroatoms. The summed E-state index contributed by atoms with van der Waals surface area (Å²) in [5, 5.41) is 17.8. The van der Waals surface area contributed by atoms with Gasteiger partial charge in [0.1, 0.15) is 6.04 Å². The molecule has 0 saturated carbocycles. The standard InChI is InChI=1S/C10H14BNO4/c1-16-10(13)9(12)6-7-2-4-8(5-3-7)11(14)15/h2-5,9,14-15H,6,12H2,1H3/t9-/m0/s1. The molecule has 0 heterocycles. The average Bonchev–Trinajstić information content (AvgIpc) is 2.28. The fourth-order valence-electron chi connectivity index (χ4n) is 1.31. The van der Waals surface area contributed by atoms with E-state index in [0.717, 1.165) is 5.56 Å². The molecule has 4 N–H and O–H groups in total. The molecule has 0 radical (unpaired) electrons. The lowest BCUT2D eigenvalue weighted by Gasteiger charge is -2.09. The topological polar surface area (TPSA) is 92.8 Å². The lowest BCUT2D eigenvalue weighted by atomic mass is 9.80. The first-order valence-corrected chi connectivity index (χ1v) is 4.83. The normalized spacial score (nSPS) is 12.0. The lowest BCUT2D eigenvalue weighted by molar-refractivity contribution is -0.142. The van der Waals surface area contributed by atoms with Gasteiger partial charge in [0.25, 0.3) is 0 Å². The molecule has 0 aromatic heterocycles. The van der Waals surface area contributed by atoms with E-state index in [4.69, 9.17) is 15.8 Å². The van der Waals surface area contributed by atoms with Gasteiger partial charge >= 0.3 is 13.1 Å². The van der Waals surface area contributed by atoms with Crippen LogP contribution in [0.3, 0.4) is 0 Å². The maximum absolute atomic E-state index is 11.1. The van der Waals surface area contributed by atoms with Gasteiger partial charge in [0.05, 0.1) is 7.11 Å². The molecule has 0 saturated heterocycles. The van der Waals surface area contributed by atoms with E-state index in [2.05, 4.69) is 4.74 Å². The third-order valence-electron chi connectivity index (χ3n) is 2.24. The molecule has 0 fully saturated rings. The van der Waals surface area contributed by atoms with Gasteiger partial charge in [0, 0.05) is 0 Å². The van der Waals surface area contributed by atoms with Crippen LogP contribution < -0.4 is 11.2 Å². The Balaban J connectivity index is 2.65. The molecule has 0 aliphatic rings. The Morgan fingerprint density at radius 2 is 2.00 bits per heavy atom. The highest BCUT2D eigenvalue weighted by Crippen LogP contribution is 2.02. The van der Waals surface area contributed by atoms with Gasteiger partial charge in [0.2, 0.25) is 0 Å². The summed E-state index contributed by atoms with van der Waals surface area (Å²) in [6.07, 6.45) is 0.356. The lowest BCUT2D eigenvalue weighted by Crippen LogP contribution is -2.34. The van der Waals surface area contributed by atoms with Crippen LogP contribution in [0.1, 0.15) is 5.56 Å². The van der Waals surface area contributed by atoms with Crippen molar-refractivity contribution < 1.29 is 19.6 Å². The van der Waals surface area contributed by atoms with Crippen molar-refractivity contribution in [2.75, 3.05) is 7.11 Å². The van der Waals surface area contributed by atoms with Crippen LogP contribution in [0.15, 0.2) is 24.3 Å². The molecular formula is C10H14BNO4. The second kappa shape index (κ2) is 5.65. The summed E-state index contributed by atoms with van der Waals surface area (Å²) >= 11 is 0. The van der Waals surface area contributed by atoms with Crippen LogP contribution in [-0.2, 0) is 16.0 Å². The predicted molar refractivity (Wildman–Crippen MR) is 60.0 cm³/mol. The van der Waals surface area contributed by atoms with Crippen LogP contribution >= 0.6 is 0 Å². The number of hydrogen-bond acceptors (Lipinski definition) is 5. The number of methoxy groups -OCH3 is 1. The summed E-state index contributed by atoms with van der Waals surface area (Å²) in [6, 6.07) is 5.83. The fourth-order valence-corrected chi connectivity index (χ4v) is 1.31. The van der Waals surface area contributed by atoms with Crippen LogP contribution in [0.2, 0.25) is 0 Å². The Morgan fingerprint density at radius 1 is 1.44 bits per heavy atom. The average molecular weight is 223 g/mol. The van der Waals surface area contributed by atoms with E-state index in [1.807, 2.05) is 0 Å². The molecule has 1 aromatic carbocycles. The van der Waals surface area contributed by atoms with Gasteiger partial charge in [-0.3, -0.25) is 4.79 Å². The van der Waals surface area contributed by atoms with Crippen molar-refractivity contribution in [2.45, 2.75) is 12.5 Å². The van der Waals surface area contributed by atoms with Crippen molar-refractivity contribution in [1.82, 2.24) is 0 Å². The maximum atomic E-state index is 11.1. The molecule has 0 aliphatic carbocycles. The minimum absolute atomic E-state index is 0.356. The van der Waals surface area contributed by atoms with E-state index in [1.165, 1.54) is 7.11 Å². The number of esters is 1. The minimum Gasteiger partial charge on any atom is -0.468 e. The van der Waals surface area contributed by atoms with Gasteiger partial charge in [-0.15, -0.1) is 0 Å². The first-order chi connectivity index (χ1) is 7.54. The maximum Gasteiger partial charge on any atom is 0.488 e. The third kappa shape index (κ3) is 3.34. The molecule has 0 spiro atoms. The Labute approximate surface area is 94.0 Å². The van der Waals surface area contributed by atoms with Gasteiger partial charge in [-0.2, -0.15) is 0 Å². The van der Waals surface area contributed by atoms with Gasteiger partial charge < -0.3 is 20.5 Å². The first-order valence-electron chi connectivity index (χ1n) is 4.83. The summed E-state index contributed by atoms with van der Waals surface area (Å²) < 4.78 is 4.50. The second-order valence-electron chi connectivity index (χ2n) is 3.45. The Morgan fingerprint density at radius 3 is 2.44 bits per heavy atom. The van der Waals surface area contributed by atoms with Crippen LogP contribution in [0, 0.1) is 0 Å². The van der Waals surface area contributed by atoms with E-state index in [1.54, 1.807) is 24.3 Å². The van der Waals surface area contributed by atoms with Crippen molar-refractivity contribution in [1.29, 1.82) is 0 Å². The van der Waals surface area contributed by atoms with Crippen molar-refractivity contribution in [3.8, 4) is 0 Å². The van der Waals surface area contributed by atoms with Crippen molar-refractivity contribution in [3.05, 3.63) is 29.8 Å². The molecule has 1 aromatic rings. The number of hydrogen-bond donors (Lipinski definition) is 3. The van der Waals surface area contributed by atoms with Crippen LogP contribution in [0.5, 0.6) is 0 Å². The van der Waals surface area contributed by atoms with E-state index in [0.29, 0.717) is 11.9 Å². The van der Waals surface area contributed by atoms with Crippen molar-refractivity contribution in [3.63, 3.8) is 0 Å². The molecule has 0 unspecified atom stereocenters. The molecule has 0 amide bonds. The van der Waals surface area contributed by atoms with Gasteiger partial charge in [-0.25, -0.2) is 0 Å². The first kappa shape index (κ1) is 12.7. The van der Waals surface area contributed by atoms with E-state index < -0.39 is 19.1 Å². The predicted octanol–water partition coefficient (Wildman–Crippen LogP) is -1.59. The summed E-state index contributed by atoms with van der Waals surface area (Å²) in [5.74, 6) is -0.466. The van der Waals surface area contributed by atoms with Crippen LogP contribution in [-0.4, -0.2) is 36.3 Å². The monoisotopic (exact) mass is 223 g/mol. The minimum atomic E-state index is -1.48. The number of nitrogens with two attached hydrogens (primary N) is 1. The Hall–Kier alpha value is -1.37. The molecule has 16 heavy (non-hydrogen) atoms. The smallest absolute Gasteiger partial charge is 0.468 e. The highest BCUT2D eigenvalue weighted by Gasteiger charge is 2.15. The molecule has 1 atom stereocenters.